The second kappa shape index (κ2) is 10.8. The average molecular weight is 545 g/mol. The number of para-hydroxylation sites is 1. The molecule has 0 saturated carbocycles. The lowest BCUT2D eigenvalue weighted by molar-refractivity contribution is -0.150. The van der Waals surface area contributed by atoms with Crippen LogP contribution in [0.25, 0.3) is 0 Å². The third-order valence-electron chi connectivity index (χ3n) is 7.29. The van der Waals surface area contributed by atoms with Gasteiger partial charge >= 0.3 is 11.9 Å². The zero-order chi connectivity index (χ0) is 27.7. The van der Waals surface area contributed by atoms with E-state index in [9.17, 15) is 14.4 Å². The Morgan fingerprint density at radius 1 is 0.949 bits per heavy atom. The molecule has 1 aliphatic heterocycles. The number of methoxy groups -OCH3 is 3. The zero-order valence-electron chi connectivity index (χ0n) is 21.7. The first-order valence-electron chi connectivity index (χ1n) is 12.4. The van der Waals surface area contributed by atoms with E-state index in [0.29, 0.717) is 29.1 Å². The molecule has 5 rings (SSSR count). The number of ether oxygens (including phenoxy) is 3. The number of esters is 2. The summed E-state index contributed by atoms with van der Waals surface area (Å²) in [7, 11) is 4.13. The van der Waals surface area contributed by atoms with Gasteiger partial charge in [0.15, 0.2) is 5.78 Å². The number of thiophene rings is 1. The summed E-state index contributed by atoms with van der Waals surface area (Å²) < 4.78 is 15.6. The van der Waals surface area contributed by atoms with Crippen LogP contribution < -0.4 is 15.4 Å². The Bertz CT molecular complexity index is 1460. The van der Waals surface area contributed by atoms with Crippen molar-refractivity contribution < 1.29 is 28.6 Å². The van der Waals surface area contributed by atoms with E-state index in [4.69, 9.17) is 19.9 Å². The van der Waals surface area contributed by atoms with Crippen LogP contribution in [-0.2, 0) is 23.9 Å². The standard InChI is InChI=1S/C30H28N2O6S/c1-36-19-13-11-17(12-14-19)20-16-21-24(27(33)23(20)29(34)37-2)25(22-10-7-15-39-22)26(30(35)38-3)28(31)32(21)18-8-5-4-6-9-18/h4-15,20,23,25H,16,31H2,1-3H3. The quantitative estimate of drug-likeness (QED) is 0.357. The molecule has 200 valence electrons. The molecule has 2 aromatic carbocycles. The van der Waals surface area contributed by atoms with Gasteiger partial charge in [0.05, 0.1) is 32.8 Å². The fourth-order valence-electron chi connectivity index (χ4n) is 5.51. The number of carbonyl (C=O) groups is 3. The minimum absolute atomic E-state index is 0.155. The van der Waals surface area contributed by atoms with Crippen molar-refractivity contribution in [2.45, 2.75) is 18.3 Å². The molecule has 0 saturated heterocycles. The van der Waals surface area contributed by atoms with Gasteiger partial charge in [0.2, 0.25) is 0 Å². The Balaban J connectivity index is 1.78. The number of rotatable bonds is 6. The minimum atomic E-state index is -1.11. The van der Waals surface area contributed by atoms with Crippen LogP contribution in [0.2, 0.25) is 0 Å². The van der Waals surface area contributed by atoms with Crippen molar-refractivity contribution in [1.29, 1.82) is 0 Å². The molecule has 8 nitrogen and oxygen atoms in total. The predicted octanol–water partition coefficient (Wildman–Crippen LogP) is 4.50. The second-order valence-electron chi connectivity index (χ2n) is 9.22. The summed E-state index contributed by atoms with van der Waals surface area (Å²) in [5, 5.41) is 1.87. The molecule has 3 aromatic rings. The van der Waals surface area contributed by atoms with Gasteiger partial charge in [-0.05, 0) is 47.7 Å². The second-order valence-corrected chi connectivity index (χ2v) is 10.2. The number of ketones is 1. The summed E-state index contributed by atoms with van der Waals surface area (Å²) in [5.74, 6) is -3.27. The molecule has 2 N–H and O–H groups in total. The van der Waals surface area contributed by atoms with Crippen LogP contribution in [0.4, 0.5) is 5.69 Å². The van der Waals surface area contributed by atoms with Crippen LogP contribution in [0.5, 0.6) is 5.75 Å². The zero-order valence-corrected chi connectivity index (χ0v) is 22.6. The van der Waals surface area contributed by atoms with Crippen molar-refractivity contribution in [3.8, 4) is 5.75 Å². The van der Waals surface area contributed by atoms with Crippen LogP contribution in [0.3, 0.4) is 0 Å². The summed E-state index contributed by atoms with van der Waals surface area (Å²) in [6, 6.07) is 20.3. The van der Waals surface area contributed by atoms with Crippen molar-refractivity contribution >= 4 is 34.7 Å². The molecule has 0 amide bonds. The molecule has 1 aliphatic carbocycles. The Hall–Kier alpha value is -4.37. The molecule has 3 atom stereocenters. The third-order valence-corrected chi connectivity index (χ3v) is 8.22. The van der Waals surface area contributed by atoms with Crippen molar-refractivity contribution in [2.24, 2.45) is 11.7 Å². The highest BCUT2D eigenvalue weighted by Gasteiger charge is 2.51. The van der Waals surface area contributed by atoms with Crippen LogP contribution in [0, 0.1) is 5.92 Å². The summed E-state index contributed by atoms with van der Waals surface area (Å²) in [4.78, 5) is 43.4. The lowest BCUT2D eigenvalue weighted by atomic mass is 9.68. The smallest absolute Gasteiger partial charge is 0.338 e. The third kappa shape index (κ3) is 4.48. The van der Waals surface area contributed by atoms with Crippen molar-refractivity contribution in [2.75, 3.05) is 26.2 Å². The average Bonchev–Trinajstić information content (AvgIpc) is 3.51. The maximum atomic E-state index is 14.5. The number of carbonyl (C=O) groups excluding carboxylic acids is 3. The first kappa shape index (κ1) is 26.2. The molecule has 2 aliphatic rings. The van der Waals surface area contributed by atoms with Gasteiger partial charge in [-0.1, -0.05) is 36.4 Å². The molecule has 9 heteroatoms. The summed E-state index contributed by atoms with van der Waals surface area (Å²) in [6.45, 7) is 0. The van der Waals surface area contributed by atoms with E-state index < -0.39 is 35.5 Å². The molecule has 0 radical (unpaired) electrons. The molecule has 39 heavy (non-hydrogen) atoms. The number of Topliss-reactive ketones (excluding diaryl/α,β-unsaturated/α-hetero) is 1. The number of hydrogen-bond donors (Lipinski definition) is 1. The SMILES string of the molecule is COC(=O)C1=C(N)N(c2ccccc2)C2=C(C(=O)C(C(=O)OC)C(c3ccc(OC)cc3)C2)C1c1cccs1. The lowest BCUT2D eigenvalue weighted by Crippen LogP contribution is -2.46. The molecule has 0 fully saturated rings. The van der Waals surface area contributed by atoms with Crippen molar-refractivity contribution in [3.63, 3.8) is 0 Å². The Morgan fingerprint density at radius 2 is 1.67 bits per heavy atom. The van der Waals surface area contributed by atoms with E-state index in [-0.39, 0.29) is 11.4 Å². The number of nitrogens with two attached hydrogens (primary N) is 1. The largest absolute Gasteiger partial charge is 0.497 e. The van der Waals surface area contributed by atoms with Gasteiger partial charge < -0.3 is 19.9 Å². The lowest BCUT2D eigenvalue weighted by Gasteiger charge is -2.43. The number of benzene rings is 2. The fourth-order valence-corrected chi connectivity index (χ4v) is 6.35. The Morgan fingerprint density at radius 3 is 2.26 bits per heavy atom. The van der Waals surface area contributed by atoms with E-state index in [1.807, 2.05) is 60.0 Å². The van der Waals surface area contributed by atoms with E-state index in [2.05, 4.69) is 0 Å². The monoisotopic (exact) mass is 544 g/mol. The van der Waals surface area contributed by atoms with E-state index >= 15 is 0 Å². The van der Waals surface area contributed by atoms with Crippen LogP contribution in [-0.4, -0.2) is 39.1 Å². The molecule has 0 spiro atoms. The maximum absolute atomic E-state index is 14.5. The van der Waals surface area contributed by atoms with Crippen LogP contribution >= 0.6 is 11.3 Å². The topological polar surface area (TPSA) is 108 Å². The van der Waals surface area contributed by atoms with Crippen LogP contribution in [0.15, 0.2) is 94.8 Å². The van der Waals surface area contributed by atoms with Crippen molar-refractivity contribution in [3.05, 3.63) is 105 Å². The molecule has 3 unspecified atom stereocenters. The molecular weight excluding hydrogens is 516 g/mol. The fraction of sp³-hybridized carbons (Fsp3) is 0.233. The molecule has 0 bridgehead atoms. The van der Waals surface area contributed by atoms with Gasteiger partial charge in [0, 0.05) is 27.8 Å². The van der Waals surface area contributed by atoms with Gasteiger partial charge in [-0.2, -0.15) is 0 Å². The van der Waals surface area contributed by atoms with E-state index in [1.54, 1.807) is 24.1 Å². The number of anilines is 1. The molecular formula is C30H28N2O6S. The first-order chi connectivity index (χ1) is 18.9. The molecule has 2 heterocycles. The van der Waals surface area contributed by atoms with Gasteiger partial charge in [-0.15, -0.1) is 11.3 Å². The van der Waals surface area contributed by atoms with Gasteiger partial charge in [-0.3, -0.25) is 14.5 Å². The number of allylic oxidation sites excluding steroid dienone is 2. The maximum Gasteiger partial charge on any atom is 0.338 e. The Kier molecular flexibility index (Phi) is 7.26. The van der Waals surface area contributed by atoms with Gasteiger partial charge in [-0.25, -0.2) is 4.79 Å². The minimum Gasteiger partial charge on any atom is -0.497 e. The number of nitrogens with zero attached hydrogens (tertiary/aromatic N) is 1. The predicted molar refractivity (Wildman–Crippen MR) is 147 cm³/mol. The highest BCUT2D eigenvalue weighted by Crippen LogP contribution is 2.52. The van der Waals surface area contributed by atoms with Gasteiger partial charge in [0.1, 0.15) is 17.5 Å². The van der Waals surface area contributed by atoms with Crippen molar-refractivity contribution in [1.82, 2.24) is 0 Å². The van der Waals surface area contributed by atoms with E-state index in [0.717, 1.165) is 10.4 Å². The number of hydrogen-bond acceptors (Lipinski definition) is 9. The molecule has 1 aromatic heterocycles. The van der Waals surface area contributed by atoms with Gasteiger partial charge in [0.25, 0.3) is 0 Å². The first-order valence-corrected chi connectivity index (χ1v) is 13.2. The summed E-state index contributed by atoms with van der Waals surface area (Å²) >= 11 is 1.40. The Labute approximate surface area is 230 Å². The summed E-state index contributed by atoms with van der Waals surface area (Å²) in [5.41, 5.74) is 9.38. The summed E-state index contributed by atoms with van der Waals surface area (Å²) in [6.07, 6.45) is 0.305. The van der Waals surface area contributed by atoms with Crippen LogP contribution in [0.1, 0.15) is 28.7 Å². The van der Waals surface area contributed by atoms with E-state index in [1.165, 1.54) is 25.6 Å². The highest BCUT2D eigenvalue weighted by molar-refractivity contribution is 7.10. The normalized spacial score (nSPS) is 20.9. The highest BCUT2D eigenvalue weighted by atomic mass is 32.1.